The summed E-state index contributed by atoms with van der Waals surface area (Å²) in [4.78, 5) is 0. The molecule has 1 nitrogen and oxygen atoms in total. The molecule has 0 amide bonds. The van der Waals surface area contributed by atoms with Gasteiger partial charge in [-0.2, -0.15) is 0 Å². The summed E-state index contributed by atoms with van der Waals surface area (Å²) < 4.78 is 0. The van der Waals surface area contributed by atoms with Crippen molar-refractivity contribution in [2.45, 2.75) is 45.4 Å². The standard InChI is InChI=1S/C15H23ClO/c1-4-15(3,10-9-12(2)11-17)13-5-7-14(16)8-6-13/h5-8,12,17H,4,9-11H2,1-3H3. The van der Waals surface area contributed by atoms with Gasteiger partial charge in [0, 0.05) is 11.6 Å². The zero-order chi connectivity index (χ0) is 12.9. The molecule has 2 atom stereocenters. The fourth-order valence-corrected chi connectivity index (χ4v) is 2.16. The molecule has 0 saturated heterocycles. The third kappa shape index (κ3) is 4.01. The van der Waals surface area contributed by atoms with Crippen LogP contribution in [-0.4, -0.2) is 11.7 Å². The molecule has 17 heavy (non-hydrogen) atoms. The molecule has 0 aliphatic heterocycles. The van der Waals surface area contributed by atoms with Crippen LogP contribution in [-0.2, 0) is 5.41 Å². The Labute approximate surface area is 110 Å². The maximum absolute atomic E-state index is 9.09. The molecule has 2 unspecified atom stereocenters. The van der Waals surface area contributed by atoms with E-state index in [9.17, 15) is 0 Å². The highest BCUT2D eigenvalue weighted by molar-refractivity contribution is 6.30. The van der Waals surface area contributed by atoms with Crippen molar-refractivity contribution in [1.82, 2.24) is 0 Å². The first-order valence-corrected chi connectivity index (χ1v) is 6.76. The Hall–Kier alpha value is -0.530. The number of benzene rings is 1. The minimum Gasteiger partial charge on any atom is -0.396 e. The molecule has 0 spiro atoms. The van der Waals surface area contributed by atoms with E-state index >= 15 is 0 Å². The summed E-state index contributed by atoms with van der Waals surface area (Å²) in [7, 11) is 0. The number of aliphatic hydroxyl groups excluding tert-OH is 1. The summed E-state index contributed by atoms with van der Waals surface area (Å²) in [5, 5.41) is 9.88. The van der Waals surface area contributed by atoms with Crippen molar-refractivity contribution < 1.29 is 5.11 Å². The van der Waals surface area contributed by atoms with E-state index in [1.807, 2.05) is 12.1 Å². The van der Waals surface area contributed by atoms with Crippen LogP contribution in [0.3, 0.4) is 0 Å². The molecule has 0 aromatic heterocycles. The Morgan fingerprint density at radius 3 is 2.35 bits per heavy atom. The predicted octanol–water partition coefficient (Wildman–Crippen LogP) is 4.42. The largest absolute Gasteiger partial charge is 0.396 e. The Balaban J connectivity index is 2.77. The summed E-state index contributed by atoms with van der Waals surface area (Å²) in [5.74, 6) is 0.383. The van der Waals surface area contributed by atoms with Gasteiger partial charge in [-0.15, -0.1) is 0 Å². The zero-order valence-electron chi connectivity index (χ0n) is 11.0. The Kier molecular flexibility index (Phi) is 5.48. The van der Waals surface area contributed by atoms with Crippen molar-refractivity contribution in [1.29, 1.82) is 0 Å². The minimum absolute atomic E-state index is 0.189. The molecule has 0 heterocycles. The molecule has 1 N–H and O–H groups in total. The van der Waals surface area contributed by atoms with Crippen molar-refractivity contribution in [2.75, 3.05) is 6.61 Å². The molecule has 2 heteroatoms. The number of hydrogen-bond donors (Lipinski definition) is 1. The maximum Gasteiger partial charge on any atom is 0.0456 e. The molecule has 1 aromatic rings. The highest BCUT2D eigenvalue weighted by Gasteiger charge is 2.24. The number of halogens is 1. The lowest BCUT2D eigenvalue weighted by Gasteiger charge is -2.30. The van der Waals surface area contributed by atoms with E-state index < -0.39 is 0 Å². The molecular weight excluding hydrogens is 232 g/mol. The van der Waals surface area contributed by atoms with Gasteiger partial charge in [0.05, 0.1) is 0 Å². The molecule has 0 bridgehead atoms. The lowest BCUT2D eigenvalue weighted by molar-refractivity contribution is 0.217. The average Bonchev–Trinajstić information content (AvgIpc) is 2.36. The number of aliphatic hydroxyl groups is 1. The quantitative estimate of drug-likeness (QED) is 0.797. The third-order valence-electron chi connectivity index (χ3n) is 3.82. The van der Waals surface area contributed by atoms with Gasteiger partial charge in [-0.05, 0) is 48.3 Å². The average molecular weight is 255 g/mol. The Morgan fingerprint density at radius 2 is 1.88 bits per heavy atom. The lowest BCUT2D eigenvalue weighted by Crippen LogP contribution is -2.22. The summed E-state index contributed by atoms with van der Waals surface area (Å²) >= 11 is 5.92. The maximum atomic E-state index is 9.09. The molecule has 0 radical (unpaired) electrons. The molecule has 0 fully saturated rings. The van der Waals surface area contributed by atoms with Gasteiger partial charge < -0.3 is 5.11 Å². The normalized spacial score (nSPS) is 16.5. The fourth-order valence-electron chi connectivity index (χ4n) is 2.03. The number of rotatable bonds is 6. The monoisotopic (exact) mass is 254 g/mol. The summed E-state index contributed by atoms with van der Waals surface area (Å²) in [6.07, 6.45) is 3.27. The van der Waals surface area contributed by atoms with E-state index in [-0.39, 0.29) is 12.0 Å². The van der Waals surface area contributed by atoms with Crippen LogP contribution in [0.15, 0.2) is 24.3 Å². The Morgan fingerprint density at radius 1 is 1.29 bits per heavy atom. The van der Waals surface area contributed by atoms with Crippen molar-refractivity contribution in [3.05, 3.63) is 34.9 Å². The van der Waals surface area contributed by atoms with Crippen LogP contribution in [0, 0.1) is 5.92 Å². The van der Waals surface area contributed by atoms with E-state index in [1.165, 1.54) is 5.56 Å². The van der Waals surface area contributed by atoms with Crippen LogP contribution in [0.4, 0.5) is 0 Å². The fraction of sp³-hybridized carbons (Fsp3) is 0.600. The first-order valence-electron chi connectivity index (χ1n) is 6.38. The van der Waals surface area contributed by atoms with E-state index in [0.717, 1.165) is 24.3 Å². The van der Waals surface area contributed by atoms with E-state index in [0.29, 0.717) is 5.92 Å². The first-order chi connectivity index (χ1) is 8.01. The summed E-state index contributed by atoms with van der Waals surface area (Å²) in [6.45, 7) is 6.89. The summed E-state index contributed by atoms with van der Waals surface area (Å²) in [6, 6.07) is 8.16. The second-order valence-electron chi connectivity index (χ2n) is 5.25. The molecular formula is C15H23ClO. The minimum atomic E-state index is 0.189. The van der Waals surface area contributed by atoms with Gasteiger partial charge >= 0.3 is 0 Å². The highest BCUT2D eigenvalue weighted by atomic mass is 35.5. The van der Waals surface area contributed by atoms with Crippen molar-refractivity contribution in [3.8, 4) is 0 Å². The van der Waals surface area contributed by atoms with Crippen LogP contribution < -0.4 is 0 Å². The molecule has 0 aliphatic carbocycles. The second-order valence-corrected chi connectivity index (χ2v) is 5.68. The van der Waals surface area contributed by atoms with Crippen LogP contribution in [0.5, 0.6) is 0 Å². The molecule has 96 valence electrons. The van der Waals surface area contributed by atoms with Gasteiger partial charge in [-0.25, -0.2) is 0 Å². The van der Waals surface area contributed by atoms with E-state index in [1.54, 1.807) is 0 Å². The second kappa shape index (κ2) is 6.42. The van der Waals surface area contributed by atoms with Crippen LogP contribution in [0.25, 0.3) is 0 Å². The predicted molar refractivity (Wildman–Crippen MR) is 74.6 cm³/mol. The molecule has 0 saturated carbocycles. The molecule has 0 aliphatic rings. The van der Waals surface area contributed by atoms with Gasteiger partial charge in [0.2, 0.25) is 0 Å². The Bertz CT molecular complexity index is 333. The highest BCUT2D eigenvalue weighted by Crippen LogP contribution is 2.34. The van der Waals surface area contributed by atoms with Crippen LogP contribution in [0.1, 0.15) is 45.6 Å². The van der Waals surface area contributed by atoms with Gasteiger partial charge in [-0.1, -0.05) is 44.5 Å². The first kappa shape index (κ1) is 14.5. The SMILES string of the molecule is CCC(C)(CCC(C)CO)c1ccc(Cl)cc1. The van der Waals surface area contributed by atoms with Gasteiger partial charge in [0.25, 0.3) is 0 Å². The smallest absolute Gasteiger partial charge is 0.0456 e. The topological polar surface area (TPSA) is 20.2 Å². The van der Waals surface area contributed by atoms with Gasteiger partial charge in [0.1, 0.15) is 0 Å². The van der Waals surface area contributed by atoms with E-state index in [2.05, 4.69) is 32.9 Å². The third-order valence-corrected chi connectivity index (χ3v) is 4.07. The zero-order valence-corrected chi connectivity index (χ0v) is 11.8. The lowest BCUT2D eigenvalue weighted by atomic mass is 9.75. The van der Waals surface area contributed by atoms with Crippen molar-refractivity contribution >= 4 is 11.6 Å². The summed E-state index contributed by atoms with van der Waals surface area (Å²) in [5.41, 5.74) is 1.53. The molecule has 1 aromatic carbocycles. The van der Waals surface area contributed by atoms with Crippen molar-refractivity contribution in [3.63, 3.8) is 0 Å². The van der Waals surface area contributed by atoms with Crippen LogP contribution >= 0.6 is 11.6 Å². The molecule has 1 rings (SSSR count). The number of hydrogen-bond acceptors (Lipinski definition) is 1. The van der Waals surface area contributed by atoms with Gasteiger partial charge in [0.15, 0.2) is 0 Å². The van der Waals surface area contributed by atoms with Gasteiger partial charge in [-0.3, -0.25) is 0 Å². The van der Waals surface area contributed by atoms with Crippen LogP contribution in [0.2, 0.25) is 5.02 Å². The van der Waals surface area contributed by atoms with E-state index in [4.69, 9.17) is 16.7 Å². The van der Waals surface area contributed by atoms with Crippen molar-refractivity contribution in [2.24, 2.45) is 5.92 Å².